The Bertz CT molecular complexity index is 942. The van der Waals surface area contributed by atoms with Gasteiger partial charge in [0.25, 0.3) is 5.91 Å². The van der Waals surface area contributed by atoms with Crippen molar-refractivity contribution >= 4 is 23.4 Å². The van der Waals surface area contributed by atoms with Crippen molar-refractivity contribution in [3.63, 3.8) is 0 Å². The van der Waals surface area contributed by atoms with Crippen LogP contribution in [0, 0.1) is 5.92 Å². The first-order chi connectivity index (χ1) is 15.7. The minimum Gasteiger partial charge on any atom is -0.494 e. The first-order valence-electron chi connectivity index (χ1n) is 11.0. The van der Waals surface area contributed by atoms with Crippen molar-refractivity contribution < 1.29 is 19.1 Å². The molecule has 0 fully saturated rings. The van der Waals surface area contributed by atoms with Crippen LogP contribution in [-0.4, -0.2) is 55.9 Å². The van der Waals surface area contributed by atoms with E-state index in [-0.39, 0.29) is 36.7 Å². The third kappa shape index (κ3) is 8.57. The van der Waals surface area contributed by atoms with Crippen molar-refractivity contribution in [1.29, 1.82) is 0 Å². The molecule has 0 bridgehead atoms. The van der Waals surface area contributed by atoms with Crippen LogP contribution in [0.5, 0.6) is 5.75 Å². The number of hydrogen-bond donors (Lipinski definition) is 3. The van der Waals surface area contributed by atoms with E-state index in [9.17, 15) is 14.4 Å². The first kappa shape index (κ1) is 25.9. The van der Waals surface area contributed by atoms with Crippen molar-refractivity contribution in [3.05, 3.63) is 59.7 Å². The van der Waals surface area contributed by atoms with E-state index in [0.29, 0.717) is 23.6 Å². The van der Waals surface area contributed by atoms with Gasteiger partial charge in [-0.3, -0.25) is 14.4 Å². The van der Waals surface area contributed by atoms with E-state index in [0.717, 1.165) is 5.56 Å². The number of ether oxygens (including phenoxy) is 1. The van der Waals surface area contributed by atoms with Gasteiger partial charge in [0.15, 0.2) is 0 Å². The van der Waals surface area contributed by atoms with E-state index in [4.69, 9.17) is 4.74 Å². The Kier molecular flexibility index (Phi) is 9.87. The van der Waals surface area contributed by atoms with Gasteiger partial charge < -0.3 is 25.6 Å². The maximum atomic E-state index is 12.8. The van der Waals surface area contributed by atoms with E-state index in [1.165, 1.54) is 0 Å². The minimum atomic E-state index is -0.688. The second-order valence-electron chi connectivity index (χ2n) is 8.36. The third-order valence-electron chi connectivity index (χ3n) is 4.80. The van der Waals surface area contributed by atoms with Crippen LogP contribution < -0.4 is 20.7 Å². The molecule has 8 heteroatoms. The molecule has 1 unspecified atom stereocenters. The largest absolute Gasteiger partial charge is 0.494 e. The van der Waals surface area contributed by atoms with Crippen LogP contribution in [0.4, 0.5) is 5.69 Å². The standard InChI is InChI=1S/C25H34N4O4/c1-6-33-21-12-10-19(11-13-21)24(31)28-23(17(2)3)25(32)26-15-18-8-7-9-20(14-18)27-22(30)16-29(4)5/h7-14,17,23H,6,15-16H2,1-5H3,(H,26,32)(H,27,30)(H,28,31). The smallest absolute Gasteiger partial charge is 0.251 e. The molecule has 0 aliphatic carbocycles. The molecule has 2 aromatic rings. The number of likely N-dealkylation sites (N-methyl/N-ethyl adjacent to an activating group) is 1. The molecule has 0 radical (unpaired) electrons. The Morgan fingerprint density at radius 2 is 1.73 bits per heavy atom. The molecule has 1 atom stereocenters. The highest BCUT2D eigenvalue weighted by Crippen LogP contribution is 2.14. The molecule has 2 aromatic carbocycles. The Balaban J connectivity index is 1.96. The van der Waals surface area contributed by atoms with Crippen molar-refractivity contribution in [1.82, 2.24) is 15.5 Å². The highest BCUT2D eigenvalue weighted by atomic mass is 16.5. The maximum Gasteiger partial charge on any atom is 0.251 e. The summed E-state index contributed by atoms with van der Waals surface area (Å²) in [6.07, 6.45) is 0. The van der Waals surface area contributed by atoms with E-state index in [1.54, 1.807) is 35.2 Å². The molecule has 0 saturated heterocycles. The molecular formula is C25H34N4O4. The summed E-state index contributed by atoms with van der Waals surface area (Å²) < 4.78 is 5.40. The Morgan fingerprint density at radius 3 is 2.33 bits per heavy atom. The van der Waals surface area contributed by atoms with Crippen LogP contribution in [0.3, 0.4) is 0 Å². The molecule has 0 aliphatic heterocycles. The maximum absolute atomic E-state index is 12.8. The second kappa shape index (κ2) is 12.6. The number of benzene rings is 2. The fourth-order valence-electron chi connectivity index (χ4n) is 3.17. The lowest BCUT2D eigenvalue weighted by Crippen LogP contribution is -2.49. The predicted molar refractivity (Wildman–Crippen MR) is 129 cm³/mol. The van der Waals surface area contributed by atoms with Gasteiger partial charge in [-0.25, -0.2) is 0 Å². The normalized spacial score (nSPS) is 11.7. The second-order valence-corrected chi connectivity index (χ2v) is 8.36. The number of hydrogen-bond acceptors (Lipinski definition) is 5. The summed E-state index contributed by atoms with van der Waals surface area (Å²) in [5.74, 6) is -0.123. The minimum absolute atomic E-state index is 0.103. The molecule has 8 nitrogen and oxygen atoms in total. The first-order valence-corrected chi connectivity index (χ1v) is 11.0. The Labute approximate surface area is 195 Å². The summed E-state index contributed by atoms with van der Waals surface area (Å²) in [6, 6.07) is 13.4. The van der Waals surface area contributed by atoms with Gasteiger partial charge in [0.05, 0.1) is 13.2 Å². The molecule has 33 heavy (non-hydrogen) atoms. The summed E-state index contributed by atoms with van der Waals surface area (Å²) in [7, 11) is 3.65. The molecular weight excluding hydrogens is 420 g/mol. The van der Waals surface area contributed by atoms with Gasteiger partial charge in [0, 0.05) is 17.8 Å². The summed E-state index contributed by atoms with van der Waals surface area (Å²) >= 11 is 0. The van der Waals surface area contributed by atoms with E-state index in [1.807, 2.05) is 53.1 Å². The van der Waals surface area contributed by atoms with Crippen LogP contribution in [0.2, 0.25) is 0 Å². The fourth-order valence-corrected chi connectivity index (χ4v) is 3.17. The summed E-state index contributed by atoms with van der Waals surface area (Å²) in [5, 5.41) is 8.54. The van der Waals surface area contributed by atoms with Crippen LogP contribution in [0.1, 0.15) is 36.7 Å². The number of amides is 3. The highest BCUT2D eigenvalue weighted by Gasteiger charge is 2.24. The highest BCUT2D eigenvalue weighted by molar-refractivity contribution is 5.97. The lowest BCUT2D eigenvalue weighted by Gasteiger charge is -2.22. The van der Waals surface area contributed by atoms with E-state index >= 15 is 0 Å². The number of carbonyl (C=O) groups excluding carboxylic acids is 3. The molecule has 0 saturated carbocycles. The molecule has 0 aromatic heterocycles. The zero-order valence-electron chi connectivity index (χ0n) is 20.0. The van der Waals surface area contributed by atoms with E-state index < -0.39 is 6.04 Å². The molecule has 3 amide bonds. The number of nitrogens with one attached hydrogen (secondary N) is 3. The number of nitrogens with zero attached hydrogens (tertiary/aromatic N) is 1. The van der Waals surface area contributed by atoms with Crippen LogP contribution in [0.15, 0.2) is 48.5 Å². The van der Waals surface area contributed by atoms with Crippen LogP contribution in [0.25, 0.3) is 0 Å². The van der Waals surface area contributed by atoms with Gasteiger partial charge in [-0.1, -0.05) is 26.0 Å². The Hall–Kier alpha value is -3.39. The van der Waals surface area contributed by atoms with Gasteiger partial charge in [0.1, 0.15) is 11.8 Å². The molecule has 2 rings (SSSR count). The lowest BCUT2D eigenvalue weighted by molar-refractivity contribution is -0.124. The van der Waals surface area contributed by atoms with Gasteiger partial charge in [-0.15, -0.1) is 0 Å². The van der Waals surface area contributed by atoms with Gasteiger partial charge in [0.2, 0.25) is 11.8 Å². The monoisotopic (exact) mass is 454 g/mol. The van der Waals surface area contributed by atoms with E-state index in [2.05, 4.69) is 16.0 Å². The summed E-state index contributed by atoms with van der Waals surface area (Å²) in [6.45, 7) is 6.76. The third-order valence-corrected chi connectivity index (χ3v) is 4.80. The number of anilines is 1. The van der Waals surface area contributed by atoms with Gasteiger partial charge >= 0.3 is 0 Å². The zero-order chi connectivity index (χ0) is 24.4. The summed E-state index contributed by atoms with van der Waals surface area (Å²) in [5.41, 5.74) is 1.96. The number of carbonyl (C=O) groups is 3. The fraction of sp³-hybridized carbons (Fsp3) is 0.400. The van der Waals surface area contributed by atoms with Crippen molar-refractivity contribution in [2.75, 3.05) is 32.6 Å². The van der Waals surface area contributed by atoms with Crippen molar-refractivity contribution in [3.8, 4) is 5.75 Å². The van der Waals surface area contributed by atoms with Gasteiger partial charge in [-0.05, 0) is 68.9 Å². The Morgan fingerprint density at radius 1 is 1.03 bits per heavy atom. The molecule has 0 aliphatic rings. The molecule has 178 valence electrons. The van der Waals surface area contributed by atoms with Crippen molar-refractivity contribution in [2.45, 2.75) is 33.4 Å². The quantitative estimate of drug-likeness (QED) is 0.485. The van der Waals surface area contributed by atoms with Crippen LogP contribution in [-0.2, 0) is 16.1 Å². The molecule has 0 spiro atoms. The summed E-state index contributed by atoms with van der Waals surface area (Å²) in [4.78, 5) is 39.2. The molecule has 3 N–H and O–H groups in total. The average Bonchev–Trinajstić information content (AvgIpc) is 2.76. The SMILES string of the molecule is CCOc1ccc(C(=O)NC(C(=O)NCc2cccc(NC(=O)CN(C)C)c2)C(C)C)cc1. The number of rotatable bonds is 11. The van der Waals surface area contributed by atoms with Crippen LogP contribution >= 0.6 is 0 Å². The van der Waals surface area contributed by atoms with Crippen molar-refractivity contribution in [2.24, 2.45) is 5.92 Å². The zero-order valence-corrected chi connectivity index (χ0v) is 20.0. The topological polar surface area (TPSA) is 99.8 Å². The molecule has 0 heterocycles. The lowest BCUT2D eigenvalue weighted by atomic mass is 10.0. The average molecular weight is 455 g/mol. The predicted octanol–water partition coefficient (Wildman–Crippen LogP) is 2.66. The van der Waals surface area contributed by atoms with Gasteiger partial charge in [-0.2, -0.15) is 0 Å².